The number of nitrogens with zero attached hydrogens (tertiary/aromatic N) is 1. The Morgan fingerprint density at radius 1 is 1.42 bits per heavy atom. The molecule has 1 aromatic rings. The van der Waals surface area contributed by atoms with E-state index in [2.05, 4.69) is 10.5 Å². The molecule has 0 aromatic heterocycles. The van der Waals surface area contributed by atoms with Crippen molar-refractivity contribution in [2.24, 2.45) is 16.8 Å². The lowest BCUT2D eigenvalue weighted by atomic mass is 10.0. The summed E-state index contributed by atoms with van der Waals surface area (Å²) in [6.07, 6.45) is 1.99. The molecule has 0 radical (unpaired) electrons. The van der Waals surface area contributed by atoms with Crippen LogP contribution in [0.3, 0.4) is 0 Å². The summed E-state index contributed by atoms with van der Waals surface area (Å²) in [5, 5.41) is 14.7. The van der Waals surface area contributed by atoms with Crippen LogP contribution in [0.5, 0.6) is 0 Å². The quantitative estimate of drug-likeness (QED) is 0.332. The second kappa shape index (κ2) is 5.30. The lowest BCUT2D eigenvalue weighted by Crippen LogP contribution is -2.46. The Morgan fingerprint density at radius 2 is 2.00 bits per heavy atom. The zero-order chi connectivity index (χ0) is 14.0. The summed E-state index contributed by atoms with van der Waals surface area (Å²) in [5.74, 6) is 0.186. The first kappa shape index (κ1) is 13.4. The van der Waals surface area contributed by atoms with E-state index in [-0.39, 0.29) is 23.7 Å². The molecule has 1 aromatic carbocycles. The Hall–Kier alpha value is -2.04. The Bertz CT molecular complexity index is 501. The lowest BCUT2D eigenvalue weighted by molar-refractivity contribution is 0.0941. The highest BCUT2D eigenvalue weighted by Gasteiger charge is 2.35. The van der Waals surface area contributed by atoms with Gasteiger partial charge in [0.15, 0.2) is 5.84 Å². The van der Waals surface area contributed by atoms with Gasteiger partial charge in [0, 0.05) is 5.56 Å². The molecule has 0 heterocycles. The van der Waals surface area contributed by atoms with Crippen LogP contribution in [0.2, 0.25) is 0 Å². The van der Waals surface area contributed by atoms with Crippen LogP contribution in [-0.4, -0.2) is 23.0 Å². The fraction of sp³-hybridized carbons (Fsp3) is 0.429. The van der Waals surface area contributed by atoms with Crippen molar-refractivity contribution in [3.63, 3.8) is 0 Å². The van der Waals surface area contributed by atoms with Crippen molar-refractivity contribution in [1.29, 1.82) is 0 Å². The van der Waals surface area contributed by atoms with Crippen LogP contribution in [0.4, 0.5) is 0 Å². The first-order valence-corrected chi connectivity index (χ1v) is 6.39. The number of carbonyl (C=O) groups excluding carboxylic acids is 1. The van der Waals surface area contributed by atoms with E-state index in [1.54, 1.807) is 0 Å². The number of amides is 1. The molecule has 0 saturated heterocycles. The van der Waals surface area contributed by atoms with E-state index in [0.29, 0.717) is 5.56 Å². The molecule has 19 heavy (non-hydrogen) atoms. The molecule has 5 heteroatoms. The molecule has 1 fully saturated rings. The standard InChI is InChI=1S/C14H19N3O2/c1-8-4-3-5-9(2)11(8)14(18)16-12(10-6-7-10)13(15)17-19/h3-5,10,12,19H,6-7H2,1-2H3,(H2,15,17)(H,16,18). The summed E-state index contributed by atoms with van der Waals surface area (Å²) in [5.41, 5.74) is 8.16. The largest absolute Gasteiger partial charge is 0.409 e. The van der Waals surface area contributed by atoms with Crippen LogP contribution in [0.25, 0.3) is 0 Å². The highest BCUT2D eigenvalue weighted by Crippen LogP contribution is 2.33. The smallest absolute Gasteiger partial charge is 0.252 e. The molecular formula is C14H19N3O2. The van der Waals surface area contributed by atoms with E-state index < -0.39 is 0 Å². The van der Waals surface area contributed by atoms with Crippen molar-refractivity contribution in [2.75, 3.05) is 0 Å². The van der Waals surface area contributed by atoms with Crippen LogP contribution in [0.1, 0.15) is 34.3 Å². The van der Waals surface area contributed by atoms with Crippen molar-refractivity contribution < 1.29 is 10.0 Å². The van der Waals surface area contributed by atoms with Gasteiger partial charge in [-0.15, -0.1) is 0 Å². The number of rotatable bonds is 4. The Morgan fingerprint density at radius 3 is 2.47 bits per heavy atom. The van der Waals surface area contributed by atoms with Gasteiger partial charge in [0.1, 0.15) is 0 Å². The van der Waals surface area contributed by atoms with Crippen molar-refractivity contribution in [2.45, 2.75) is 32.7 Å². The molecule has 102 valence electrons. The summed E-state index contributed by atoms with van der Waals surface area (Å²) in [4.78, 5) is 12.3. The summed E-state index contributed by atoms with van der Waals surface area (Å²) in [6, 6.07) is 5.34. The normalized spacial score (nSPS) is 17.1. The predicted molar refractivity (Wildman–Crippen MR) is 73.3 cm³/mol. The first-order valence-electron chi connectivity index (χ1n) is 6.39. The van der Waals surface area contributed by atoms with Crippen LogP contribution in [-0.2, 0) is 0 Å². The zero-order valence-electron chi connectivity index (χ0n) is 11.2. The van der Waals surface area contributed by atoms with Crippen molar-refractivity contribution >= 4 is 11.7 Å². The van der Waals surface area contributed by atoms with Gasteiger partial charge in [-0.05, 0) is 43.7 Å². The van der Waals surface area contributed by atoms with Gasteiger partial charge >= 0.3 is 0 Å². The number of hydrogen-bond acceptors (Lipinski definition) is 3. The monoisotopic (exact) mass is 261 g/mol. The zero-order valence-corrected chi connectivity index (χ0v) is 11.2. The van der Waals surface area contributed by atoms with E-state index >= 15 is 0 Å². The molecular weight excluding hydrogens is 242 g/mol. The molecule has 1 atom stereocenters. The Labute approximate surface area is 112 Å². The maximum atomic E-state index is 12.3. The highest BCUT2D eigenvalue weighted by atomic mass is 16.4. The summed E-state index contributed by atoms with van der Waals surface area (Å²) >= 11 is 0. The number of carbonyl (C=O) groups is 1. The summed E-state index contributed by atoms with van der Waals surface area (Å²) in [6.45, 7) is 3.80. The van der Waals surface area contributed by atoms with Gasteiger partial charge in [-0.25, -0.2) is 0 Å². The van der Waals surface area contributed by atoms with Crippen LogP contribution in [0, 0.1) is 19.8 Å². The van der Waals surface area contributed by atoms with Gasteiger partial charge in [0.2, 0.25) is 0 Å². The molecule has 2 rings (SSSR count). The second-order valence-electron chi connectivity index (χ2n) is 5.08. The average Bonchev–Trinajstić information content (AvgIpc) is 3.19. The van der Waals surface area contributed by atoms with Gasteiger partial charge < -0.3 is 16.3 Å². The Balaban J connectivity index is 2.20. The molecule has 1 unspecified atom stereocenters. The minimum Gasteiger partial charge on any atom is -0.409 e. The predicted octanol–water partition coefficient (Wildman–Crippen LogP) is 1.56. The van der Waals surface area contributed by atoms with E-state index in [1.807, 2.05) is 32.0 Å². The lowest BCUT2D eigenvalue weighted by Gasteiger charge is -2.18. The van der Waals surface area contributed by atoms with E-state index in [0.717, 1.165) is 24.0 Å². The number of hydrogen-bond donors (Lipinski definition) is 3. The molecule has 0 bridgehead atoms. The van der Waals surface area contributed by atoms with Crippen molar-refractivity contribution in [3.05, 3.63) is 34.9 Å². The maximum absolute atomic E-state index is 12.3. The van der Waals surface area contributed by atoms with Crippen molar-refractivity contribution in [1.82, 2.24) is 5.32 Å². The van der Waals surface area contributed by atoms with Gasteiger partial charge in [0.05, 0.1) is 6.04 Å². The van der Waals surface area contributed by atoms with Gasteiger partial charge in [-0.2, -0.15) is 0 Å². The van der Waals surface area contributed by atoms with Gasteiger partial charge in [0.25, 0.3) is 5.91 Å². The topological polar surface area (TPSA) is 87.7 Å². The van der Waals surface area contributed by atoms with Crippen LogP contribution in [0.15, 0.2) is 23.4 Å². The summed E-state index contributed by atoms with van der Waals surface area (Å²) in [7, 11) is 0. The fourth-order valence-electron chi connectivity index (χ4n) is 2.31. The molecule has 5 nitrogen and oxygen atoms in total. The average molecular weight is 261 g/mol. The Kier molecular flexibility index (Phi) is 3.74. The number of benzene rings is 1. The van der Waals surface area contributed by atoms with E-state index in [1.165, 1.54) is 0 Å². The fourth-order valence-corrected chi connectivity index (χ4v) is 2.31. The van der Waals surface area contributed by atoms with E-state index in [9.17, 15) is 4.79 Å². The second-order valence-corrected chi connectivity index (χ2v) is 5.08. The van der Waals surface area contributed by atoms with Crippen LogP contribution < -0.4 is 11.1 Å². The molecule has 0 spiro atoms. The van der Waals surface area contributed by atoms with Crippen molar-refractivity contribution in [3.8, 4) is 0 Å². The third-order valence-electron chi connectivity index (χ3n) is 3.52. The SMILES string of the molecule is Cc1cccc(C)c1C(=O)NC(/C(N)=N/O)C1CC1. The first-order chi connectivity index (χ1) is 9.04. The molecule has 4 N–H and O–H groups in total. The molecule has 1 aliphatic rings. The van der Waals surface area contributed by atoms with Gasteiger partial charge in [-0.3, -0.25) is 4.79 Å². The van der Waals surface area contributed by atoms with Gasteiger partial charge in [-0.1, -0.05) is 23.4 Å². The number of nitrogens with one attached hydrogen (secondary N) is 1. The number of aryl methyl sites for hydroxylation is 2. The highest BCUT2D eigenvalue weighted by molar-refractivity contribution is 6.00. The minimum atomic E-state index is -0.378. The third-order valence-corrected chi connectivity index (χ3v) is 3.52. The third kappa shape index (κ3) is 2.86. The molecule has 1 saturated carbocycles. The minimum absolute atomic E-state index is 0.0714. The molecule has 1 amide bonds. The maximum Gasteiger partial charge on any atom is 0.252 e. The molecule has 1 aliphatic carbocycles. The van der Waals surface area contributed by atoms with E-state index in [4.69, 9.17) is 10.9 Å². The summed E-state index contributed by atoms with van der Waals surface area (Å²) < 4.78 is 0. The van der Waals surface area contributed by atoms with Crippen LogP contribution >= 0.6 is 0 Å². The number of nitrogens with two attached hydrogens (primary N) is 1. The number of oxime groups is 1. The molecule has 0 aliphatic heterocycles. The number of amidine groups is 1.